The van der Waals surface area contributed by atoms with Gasteiger partial charge in [0.25, 0.3) is 0 Å². The highest BCUT2D eigenvalue weighted by molar-refractivity contribution is 8.01. The molecule has 1 aliphatic carbocycles. The number of anilines is 1. The third kappa shape index (κ3) is 5.49. The lowest BCUT2D eigenvalue weighted by molar-refractivity contribution is -0.139. The molecule has 1 aliphatic heterocycles. The molecule has 1 fully saturated rings. The molecule has 1 unspecified atom stereocenters. The number of nitrogens with zero attached hydrogens (tertiary/aromatic N) is 1. The van der Waals surface area contributed by atoms with Gasteiger partial charge in [-0.05, 0) is 65.9 Å². The Balaban J connectivity index is 1.17. The van der Waals surface area contributed by atoms with Crippen molar-refractivity contribution < 1.29 is 33.4 Å². The Labute approximate surface area is 229 Å². The van der Waals surface area contributed by atoms with Crippen molar-refractivity contribution >= 4 is 47.0 Å². The molecule has 2 amide bonds. The van der Waals surface area contributed by atoms with Crippen molar-refractivity contribution in [2.75, 3.05) is 23.9 Å². The first kappa shape index (κ1) is 26.4. The summed E-state index contributed by atoms with van der Waals surface area (Å²) in [6.45, 7) is 1.53. The van der Waals surface area contributed by atoms with Crippen LogP contribution < -0.4 is 4.90 Å². The largest absolute Gasteiger partial charge is 0.465 e. The first-order valence-corrected chi connectivity index (χ1v) is 13.6. The van der Waals surface area contributed by atoms with E-state index in [9.17, 15) is 24.0 Å². The Morgan fingerprint density at radius 2 is 1.62 bits per heavy atom. The van der Waals surface area contributed by atoms with Gasteiger partial charge in [-0.25, -0.2) is 9.69 Å². The van der Waals surface area contributed by atoms with E-state index in [1.165, 1.54) is 35.4 Å². The molecule has 0 spiro atoms. The molecule has 1 saturated heterocycles. The zero-order valence-electron chi connectivity index (χ0n) is 21.2. The average Bonchev–Trinajstić information content (AvgIpc) is 3.46. The summed E-state index contributed by atoms with van der Waals surface area (Å²) in [6, 6.07) is 19.5. The van der Waals surface area contributed by atoms with Crippen LogP contribution in [-0.2, 0) is 30.3 Å². The normalized spacial score (nSPS) is 15.6. The second-order valence-electron chi connectivity index (χ2n) is 9.13. The summed E-state index contributed by atoms with van der Waals surface area (Å²) in [6.07, 6.45) is 0.731. The fourth-order valence-electron chi connectivity index (χ4n) is 4.74. The smallest absolute Gasteiger partial charge is 0.338 e. The number of benzene rings is 3. The van der Waals surface area contributed by atoms with Crippen molar-refractivity contribution in [3.05, 3.63) is 89.0 Å². The van der Waals surface area contributed by atoms with Gasteiger partial charge in [0.15, 0.2) is 12.4 Å². The fraction of sp³-hybridized carbons (Fsp3) is 0.233. The van der Waals surface area contributed by atoms with E-state index in [4.69, 9.17) is 9.47 Å². The molecule has 198 valence electrons. The summed E-state index contributed by atoms with van der Waals surface area (Å²) in [5.41, 5.74) is 5.54. The number of Topliss-reactive ketones (excluding diaryl/α,β-unsaturated/α-hetero) is 1. The Morgan fingerprint density at radius 1 is 0.897 bits per heavy atom. The van der Waals surface area contributed by atoms with Gasteiger partial charge >= 0.3 is 11.9 Å². The molecule has 0 N–H and O–H groups in total. The van der Waals surface area contributed by atoms with Crippen molar-refractivity contribution in [3.63, 3.8) is 0 Å². The summed E-state index contributed by atoms with van der Waals surface area (Å²) < 4.78 is 10.1. The molecule has 8 nitrogen and oxygen atoms in total. The van der Waals surface area contributed by atoms with Gasteiger partial charge in [0.2, 0.25) is 11.8 Å². The van der Waals surface area contributed by atoms with Crippen LogP contribution in [0.2, 0.25) is 0 Å². The number of carbonyl (C=O) groups is 5. The molecule has 2 aliphatic rings. The Kier molecular flexibility index (Phi) is 7.60. The quantitative estimate of drug-likeness (QED) is 0.175. The van der Waals surface area contributed by atoms with Gasteiger partial charge < -0.3 is 9.47 Å². The molecule has 0 aromatic heterocycles. The zero-order valence-corrected chi connectivity index (χ0v) is 22.0. The van der Waals surface area contributed by atoms with Crippen molar-refractivity contribution in [3.8, 4) is 11.1 Å². The van der Waals surface area contributed by atoms with Crippen molar-refractivity contribution in [2.24, 2.45) is 0 Å². The topological polar surface area (TPSA) is 107 Å². The predicted octanol–water partition coefficient (Wildman–Crippen LogP) is 4.23. The van der Waals surface area contributed by atoms with Gasteiger partial charge in [0.1, 0.15) is 0 Å². The highest BCUT2D eigenvalue weighted by Crippen LogP contribution is 2.36. The molecule has 5 rings (SSSR count). The van der Waals surface area contributed by atoms with Crippen molar-refractivity contribution in [2.45, 2.75) is 25.0 Å². The molecule has 0 radical (unpaired) electrons. The number of thioether (sulfide) groups is 1. The predicted molar refractivity (Wildman–Crippen MR) is 146 cm³/mol. The number of ketones is 1. The molecule has 9 heteroatoms. The lowest BCUT2D eigenvalue weighted by Crippen LogP contribution is -2.31. The Bertz CT molecular complexity index is 1480. The second kappa shape index (κ2) is 11.2. The molecule has 1 heterocycles. The van der Waals surface area contributed by atoms with Gasteiger partial charge in [-0.15, -0.1) is 11.8 Å². The molecule has 3 aromatic carbocycles. The van der Waals surface area contributed by atoms with Crippen LogP contribution in [0.3, 0.4) is 0 Å². The highest BCUT2D eigenvalue weighted by Gasteiger charge is 2.40. The minimum absolute atomic E-state index is 0.0199. The summed E-state index contributed by atoms with van der Waals surface area (Å²) in [4.78, 5) is 63.2. The van der Waals surface area contributed by atoms with Crippen LogP contribution in [-0.4, -0.2) is 53.8 Å². The monoisotopic (exact) mass is 543 g/mol. The lowest BCUT2D eigenvalue weighted by Gasteiger charge is -2.15. The van der Waals surface area contributed by atoms with Crippen LogP contribution in [0.5, 0.6) is 0 Å². The summed E-state index contributed by atoms with van der Waals surface area (Å²) in [7, 11) is 0. The fourth-order valence-corrected chi connectivity index (χ4v) is 5.67. The highest BCUT2D eigenvalue weighted by atomic mass is 32.2. The molecule has 3 aromatic rings. The number of esters is 2. The average molecular weight is 544 g/mol. The second-order valence-corrected chi connectivity index (χ2v) is 10.3. The van der Waals surface area contributed by atoms with E-state index in [2.05, 4.69) is 12.1 Å². The van der Waals surface area contributed by atoms with E-state index < -0.39 is 29.7 Å². The SMILES string of the molecule is CCOC(=O)CSC1CC(=O)N(c2ccc(C(=O)OCC(=O)c3ccc4c(c3)Cc3ccccc3-4)cc2)C1=O. The van der Waals surface area contributed by atoms with Gasteiger partial charge in [-0.2, -0.15) is 0 Å². The maximum Gasteiger partial charge on any atom is 0.338 e. The van der Waals surface area contributed by atoms with Gasteiger partial charge in [0.05, 0.1) is 28.9 Å². The summed E-state index contributed by atoms with van der Waals surface area (Å²) in [5, 5.41) is -0.675. The van der Waals surface area contributed by atoms with E-state index in [1.807, 2.05) is 24.3 Å². The number of hydrogen-bond acceptors (Lipinski definition) is 8. The minimum atomic E-state index is -0.689. The van der Waals surface area contributed by atoms with Crippen LogP contribution >= 0.6 is 11.8 Å². The maximum atomic E-state index is 12.8. The van der Waals surface area contributed by atoms with Gasteiger partial charge in [0, 0.05) is 12.0 Å². The number of hydrogen-bond donors (Lipinski definition) is 0. The van der Waals surface area contributed by atoms with Crippen molar-refractivity contribution in [1.82, 2.24) is 0 Å². The van der Waals surface area contributed by atoms with Crippen LogP contribution in [0.4, 0.5) is 5.69 Å². The van der Waals surface area contributed by atoms with Crippen LogP contribution in [0.25, 0.3) is 11.1 Å². The zero-order chi connectivity index (χ0) is 27.5. The van der Waals surface area contributed by atoms with E-state index >= 15 is 0 Å². The number of amides is 2. The van der Waals surface area contributed by atoms with Gasteiger partial charge in [-0.1, -0.05) is 36.4 Å². The molecular weight excluding hydrogens is 518 g/mol. The number of rotatable bonds is 9. The summed E-state index contributed by atoms with van der Waals surface area (Å²) in [5.74, 6) is -2.27. The van der Waals surface area contributed by atoms with Crippen molar-refractivity contribution in [1.29, 1.82) is 0 Å². The Hall–Kier alpha value is -4.24. The first-order chi connectivity index (χ1) is 18.9. The van der Waals surface area contributed by atoms with E-state index in [1.54, 1.807) is 13.0 Å². The number of imide groups is 1. The van der Waals surface area contributed by atoms with Crippen LogP contribution in [0, 0.1) is 0 Å². The molecule has 0 bridgehead atoms. The maximum absolute atomic E-state index is 12.8. The number of carbonyl (C=O) groups excluding carboxylic acids is 5. The minimum Gasteiger partial charge on any atom is -0.465 e. The van der Waals surface area contributed by atoms with Crippen LogP contribution in [0.15, 0.2) is 66.7 Å². The van der Waals surface area contributed by atoms with Gasteiger partial charge in [-0.3, -0.25) is 19.2 Å². The molecule has 39 heavy (non-hydrogen) atoms. The molecule has 1 atom stereocenters. The lowest BCUT2D eigenvalue weighted by atomic mass is 10.0. The third-order valence-corrected chi connectivity index (χ3v) is 7.80. The van der Waals surface area contributed by atoms with E-state index in [0.717, 1.165) is 34.2 Å². The number of fused-ring (bicyclic) bond motifs is 3. The van der Waals surface area contributed by atoms with E-state index in [-0.39, 0.29) is 36.0 Å². The third-order valence-electron chi connectivity index (χ3n) is 6.62. The first-order valence-electron chi connectivity index (χ1n) is 12.5. The standard InChI is InChI=1S/C30H25NO7S/c1-2-37-28(34)17-39-26-15-27(33)31(29(26)35)22-10-7-18(8-11-22)30(36)38-16-25(32)20-9-12-24-21(14-20)13-19-5-3-4-6-23(19)24/h3-12,14,26H,2,13,15-17H2,1H3. The molecular formula is C30H25NO7S. The summed E-state index contributed by atoms with van der Waals surface area (Å²) >= 11 is 1.07. The van der Waals surface area contributed by atoms with Crippen LogP contribution in [0.1, 0.15) is 45.2 Å². The Morgan fingerprint density at radius 3 is 2.38 bits per heavy atom. The number of ether oxygens (including phenoxy) is 2. The molecule has 0 saturated carbocycles. The van der Waals surface area contributed by atoms with E-state index in [0.29, 0.717) is 11.3 Å².